The molecule has 0 aliphatic heterocycles. The maximum absolute atomic E-state index is 11.6. The Morgan fingerprint density at radius 3 is 2.24 bits per heavy atom. The van der Waals surface area contributed by atoms with Gasteiger partial charge in [0.25, 0.3) is 0 Å². The maximum atomic E-state index is 11.6. The van der Waals surface area contributed by atoms with Gasteiger partial charge in [0.2, 0.25) is 0 Å². The minimum absolute atomic E-state index is 0.114. The van der Waals surface area contributed by atoms with Gasteiger partial charge in [0.15, 0.2) is 17.2 Å². The highest BCUT2D eigenvalue weighted by molar-refractivity contribution is 5.95. The van der Waals surface area contributed by atoms with Crippen molar-refractivity contribution < 1.29 is 19.4 Å². The Bertz CT molecular complexity index is 464. The number of phenolic OH excluding ortho intramolecular Hbond substituents is 1. The molecule has 0 bridgehead atoms. The van der Waals surface area contributed by atoms with E-state index in [1.165, 1.54) is 33.1 Å². The van der Waals surface area contributed by atoms with Gasteiger partial charge in [-0.3, -0.25) is 9.59 Å². The summed E-state index contributed by atoms with van der Waals surface area (Å²) in [5.41, 5.74) is -0.440. The molecule has 0 amide bonds. The molecular formula is C13H16O4. The van der Waals surface area contributed by atoms with Gasteiger partial charge in [-0.15, -0.1) is 0 Å². The Kier molecular flexibility index (Phi) is 3.68. The van der Waals surface area contributed by atoms with Crippen molar-refractivity contribution >= 4 is 11.6 Å². The molecule has 0 radical (unpaired) electrons. The van der Waals surface area contributed by atoms with E-state index in [4.69, 9.17) is 4.74 Å². The van der Waals surface area contributed by atoms with Gasteiger partial charge < -0.3 is 9.84 Å². The monoisotopic (exact) mass is 236 g/mol. The van der Waals surface area contributed by atoms with Crippen molar-refractivity contribution in [2.24, 2.45) is 0 Å². The number of benzene rings is 1. The quantitative estimate of drug-likeness (QED) is 0.812. The summed E-state index contributed by atoms with van der Waals surface area (Å²) in [5.74, 6) is -0.475. The second-order valence-electron chi connectivity index (χ2n) is 4.08. The van der Waals surface area contributed by atoms with E-state index in [-0.39, 0.29) is 17.3 Å². The lowest BCUT2D eigenvalue weighted by molar-refractivity contribution is -0.138. The highest BCUT2D eigenvalue weighted by Crippen LogP contribution is 2.33. The number of hydrogen-bond acceptors (Lipinski definition) is 4. The first-order valence-electron chi connectivity index (χ1n) is 5.23. The molecule has 1 atom stereocenters. The van der Waals surface area contributed by atoms with Gasteiger partial charge in [-0.25, -0.2) is 0 Å². The van der Waals surface area contributed by atoms with Crippen LogP contribution in [0.15, 0.2) is 18.2 Å². The summed E-state index contributed by atoms with van der Waals surface area (Å²) in [4.78, 5) is 22.7. The fourth-order valence-electron chi connectivity index (χ4n) is 1.60. The van der Waals surface area contributed by atoms with Crippen LogP contribution in [0.3, 0.4) is 0 Å². The molecule has 0 saturated heterocycles. The van der Waals surface area contributed by atoms with Gasteiger partial charge in [-0.2, -0.15) is 0 Å². The first kappa shape index (κ1) is 13.4. The number of rotatable bonds is 4. The van der Waals surface area contributed by atoms with Crippen molar-refractivity contribution in [2.45, 2.75) is 26.4 Å². The molecule has 0 spiro atoms. The number of Topliss-reactive ketones (excluding diaryl/α,β-unsaturated/α-hetero) is 2. The minimum Gasteiger partial charge on any atom is -0.508 e. The second-order valence-corrected chi connectivity index (χ2v) is 4.08. The van der Waals surface area contributed by atoms with E-state index >= 15 is 0 Å². The van der Waals surface area contributed by atoms with Crippen LogP contribution in [0.1, 0.15) is 36.7 Å². The molecule has 0 aliphatic rings. The summed E-state index contributed by atoms with van der Waals surface area (Å²) in [6.07, 6.45) is 0. The fraction of sp³-hybridized carbons (Fsp3) is 0.385. The highest BCUT2D eigenvalue weighted by atomic mass is 16.5. The molecule has 0 aromatic heterocycles. The summed E-state index contributed by atoms with van der Waals surface area (Å²) in [6.45, 7) is 4.38. The van der Waals surface area contributed by atoms with Crippen LogP contribution in [0.2, 0.25) is 0 Å². The summed E-state index contributed by atoms with van der Waals surface area (Å²) >= 11 is 0. The van der Waals surface area contributed by atoms with E-state index in [0.717, 1.165) is 0 Å². The lowest BCUT2D eigenvalue weighted by atomic mass is 9.90. The minimum atomic E-state index is -1.20. The van der Waals surface area contributed by atoms with E-state index in [2.05, 4.69) is 0 Å². The van der Waals surface area contributed by atoms with Crippen LogP contribution in [0.4, 0.5) is 0 Å². The Balaban J connectivity index is 3.33. The number of ketones is 2. The summed E-state index contributed by atoms with van der Waals surface area (Å²) in [5, 5.41) is 9.87. The average molecular weight is 236 g/mol. The predicted molar refractivity (Wildman–Crippen MR) is 63.2 cm³/mol. The van der Waals surface area contributed by atoms with Crippen LogP contribution < -0.4 is 0 Å². The van der Waals surface area contributed by atoms with Crippen molar-refractivity contribution in [3.63, 3.8) is 0 Å². The third-order valence-electron chi connectivity index (χ3n) is 3.00. The van der Waals surface area contributed by atoms with Crippen LogP contribution in [-0.4, -0.2) is 23.8 Å². The van der Waals surface area contributed by atoms with Gasteiger partial charge in [-0.05, 0) is 26.8 Å². The molecule has 1 unspecified atom stereocenters. The van der Waals surface area contributed by atoms with Crippen LogP contribution in [0.5, 0.6) is 5.75 Å². The molecule has 92 valence electrons. The first-order valence-corrected chi connectivity index (χ1v) is 5.23. The standard InChI is InChI=1S/C13H16O4/c1-8(14)10-5-6-11(12(16)7-10)13(3,17-4)9(2)15/h5-7,16H,1-4H3. The molecule has 0 fully saturated rings. The molecule has 0 saturated carbocycles. The van der Waals surface area contributed by atoms with E-state index in [0.29, 0.717) is 11.1 Å². The fourth-order valence-corrected chi connectivity index (χ4v) is 1.60. The van der Waals surface area contributed by atoms with Gasteiger partial charge >= 0.3 is 0 Å². The van der Waals surface area contributed by atoms with Crippen molar-refractivity contribution in [1.82, 2.24) is 0 Å². The lowest BCUT2D eigenvalue weighted by Gasteiger charge is -2.26. The first-order chi connectivity index (χ1) is 7.82. The Morgan fingerprint density at radius 2 is 1.88 bits per heavy atom. The predicted octanol–water partition coefficient (Wildman–Crippen LogP) is 2.05. The second kappa shape index (κ2) is 4.67. The number of methoxy groups -OCH3 is 1. The third-order valence-corrected chi connectivity index (χ3v) is 3.00. The van der Waals surface area contributed by atoms with E-state index < -0.39 is 5.60 Å². The van der Waals surface area contributed by atoms with Crippen LogP contribution in [0, 0.1) is 0 Å². The van der Waals surface area contributed by atoms with E-state index in [1.807, 2.05) is 0 Å². The van der Waals surface area contributed by atoms with Crippen LogP contribution in [0.25, 0.3) is 0 Å². The smallest absolute Gasteiger partial charge is 0.165 e. The number of phenols is 1. The molecule has 1 aromatic rings. The molecule has 4 nitrogen and oxygen atoms in total. The zero-order valence-corrected chi connectivity index (χ0v) is 10.4. The Labute approximate surface area is 100 Å². The number of hydrogen-bond donors (Lipinski definition) is 1. The molecule has 0 aliphatic carbocycles. The summed E-state index contributed by atoms with van der Waals surface area (Å²) in [7, 11) is 1.40. The number of carbonyl (C=O) groups is 2. The molecule has 1 rings (SSSR count). The van der Waals surface area contributed by atoms with Gasteiger partial charge in [0.1, 0.15) is 5.75 Å². The normalized spacial score (nSPS) is 14.1. The molecule has 1 N–H and O–H groups in total. The molecular weight excluding hydrogens is 220 g/mol. The van der Waals surface area contributed by atoms with Crippen molar-refractivity contribution in [2.75, 3.05) is 7.11 Å². The zero-order valence-electron chi connectivity index (χ0n) is 10.4. The van der Waals surface area contributed by atoms with Crippen molar-refractivity contribution in [1.29, 1.82) is 0 Å². The SMILES string of the molecule is COC(C)(C(C)=O)c1ccc(C(C)=O)cc1O. The third kappa shape index (κ3) is 2.36. The van der Waals surface area contributed by atoms with Crippen LogP contribution >= 0.6 is 0 Å². The number of carbonyl (C=O) groups excluding carboxylic acids is 2. The zero-order chi connectivity index (χ0) is 13.2. The molecule has 17 heavy (non-hydrogen) atoms. The average Bonchev–Trinajstić information content (AvgIpc) is 2.27. The molecule has 0 heterocycles. The highest BCUT2D eigenvalue weighted by Gasteiger charge is 2.34. The van der Waals surface area contributed by atoms with Gasteiger partial charge in [-0.1, -0.05) is 12.1 Å². The van der Waals surface area contributed by atoms with Gasteiger partial charge in [0.05, 0.1) is 0 Å². The summed E-state index contributed by atoms with van der Waals surface area (Å²) < 4.78 is 5.17. The van der Waals surface area contributed by atoms with Gasteiger partial charge in [0, 0.05) is 18.2 Å². The maximum Gasteiger partial charge on any atom is 0.165 e. The lowest BCUT2D eigenvalue weighted by Crippen LogP contribution is -2.32. The molecule has 4 heteroatoms. The van der Waals surface area contributed by atoms with E-state index in [1.54, 1.807) is 13.0 Å². The largest absolute Gasteiger partial charge is 0.508 e. The van der Waals surface area contributed by atoms with Crippen LogP contribution in [-0.2, 0) is 15.1 Å². The molecule has 1 aromatic carbocycles. The topological polar surface area (TPSA) is 63.6 Å². The van der Waals surface area contributed by atoms with Crippen molar-refractivity contribution in [3.8, 4) is 5.75 Å². The Hall–Kier alpha value is -1.68. The van der Waals surface area contributed by atoms with E-state index in [9.17, 15) is 14.7 Å². The Morgan fingerprint density at radius 1 is 1.29 bits per heavy atom. The number of aromatic hydroxyl groups is 1. The summed E-state index contributed by atoms with van der Waals surface area (Å²) in [6, 6.07) is 4.45. The number of ether oxygens (including phenoxy) is 1. The van der Waals surface area contributed by atoms with Crippen molar-refractivity contribution in [3.05, 3.63) is 29.3 Å².